The van der Waals surface area contributed by atoms with E-state index in [1.165, 1.54) is 11.9 Å². The second-order valence-electron chi connectivity index (χ2n) is 5.24. The number of aliphatic hydroxyl groups is 2. The summed E-state index contributed by atoms with van der Waals surface area (Å²) in [6, 6.07) is 8.83. The van der Waals surface area contributed by atoms with Gasteiger partial charge in [-0.3, -0.25) is 9.89 Å². The number of para-hydroxylation sites is 2. The van der Waals surface area contributed by atoms with E-state index < -0.39 is 12.7 Å². The maximum atomic E-state index is 12.2. The quantitative estimate of drug-likeness (QED) is 0.645. The summed E-state index contributed by atoms with van der Waals surface area (Å²) in [6.07, 6.45) is -0.980. The highest BCUT2D eigenvalue weighted by Crippen LogP contribution is 2.26. The molecular weight excluding hydrogens is 314 g/mol. The molecule has 2 aromatic rings. The van der Waals surface area contributed by atoms with Gasteiger partial charge in [-0.25, -0.2) is 0 Å². The lowest BCUT2D eigenvalue weighted by Crippen LogP contribution is -2.36. The fourth-order valence-corrected chi connectivity index (χ4v) is 2.09. The van der Waals surface area contributed by atoms with Crippen LogP contribution in [0.2, 0.25) is 0 Å². The topological polar surface area (TPSA) is 108 Å². The molecule has 1 amide bonds. The van der Waals surface area contributed by atoms with Gasteiger partial charge in [-0.05, 0) is 18.2 Å². The van der Waals surface area contributed by atoms with E-state index in [1.807, 2.05) is 12.1 Å². The van der Waals surface area contributed by atoms with Gasteiger partial charge in [0, 0.05) is 13.6 Å². The molecule has 8 heteroatoms. The summed E-state index contributed by atoms with van der Waals surface area (Å²) in [4.78, 5) is 13.5. The first-order chi connectivity index (χ1) is 11.5. The van der Waals surface area contributed by atoms with E-state index in [-0.39, 0.29) is 24.8 Å². The summed E-state index contributed by atoms with van der Waals surface area (Å²) >= 11 is 0. The highest BCUT2D eigenvalue weighted by molar-refractivity contribution is 5.92. The minimum atomic E-state index is -0.980. The first-order valence-electron chi connectivity index (χ1n) is 7.39. The van der Waals surface area contributed by atoms with Gasteiger partial charge in [0.1, 0.15) is 6.61 Å². The Balaban J connectivity index is 1.96. The smallest absolute Gasteiger partial charge is 0.274 e. The number of carbonyl (C=O) groups is 1. The van der Waals surface area contributed by atoms with Crippen molar-refractivity contribution in [2.24, 2.45) is 0 Å². The lowest BCUT2D eigenvalue weighted by molar-refractivity contribution is 0.0516. The van der Waals surface area contributed by atoms with Crippen LogP contribution in [0.15, 0.2) is 30.3 Å². The van der Waals surface area contributed by atoms with Gasteiger partial charge in [-0.1, -0.05) is 12.1 Å². The SMILES string of the molecule is COc1ccccc1OCc1cc(C(=O)N(C)C[C@H](O)CO)n[nH]1. The molecule has 0 spiro atoms. The van der Waals surface area contributed by atoms with Gasteiger partial charge in [-0.15, -0.1) is 0 Å². The lowest BCUT2D eigenvalue weighted by atomic mass is 10.3. The number of rotatable bonds is 8. The number of ether oxygens (including phenoxy) is 2. The van der Waals surface area contributed by atoms with Crippen LogP contribution >= 0.6 is 0 Å². The van der Waals surface area contributed by atoms with Crippen molar-refractivity contribution in [3.05, 3.63) is 41.7 Å². The van der Waals surface area contributed by atoms with E-state index in [1.54, 1.807) is 25.3 Å². The van der Waals surface area contributed by atoms with Crippen LogP contribution in [0.3, 0.4) is 0 Å². The van der Waals surface area contributed by atoms with Crippen molar-refractivity contribution in [2.45, 2.75) is 12.7 Å². The summed E-state index contributed by atoms with van der Waals surface area (Å²) in [5.41, 5.74) is 0.835. The molecule has 1 aromatic heterocycles. The van der Waals surface area contributed by atoms with Gasteiger partial charge in [-0.2, -0.15) is 5.10 Å². The molecule has 0 fully saturated rings. The molecule has 0 aliphatic carbocycles. The number of aromatic nitrogens is 2. The first kappa shape index (κ1) is 17.8. The Morgan fingerprint density at radius 1 is 1.38 bits per heavy atom. The molecule has 2 rings (SSSR count). The molecule has 0 unspecified atom stereocenters. The summed E-state index contributed by atoms with van der Waals surface area (Å²) in [6.45, 7) is -0.185. The Morgan fingerprint density at radius 2 is 2.08 bits per heavy atom. The number of nitrogens with one attached hydrogen (secondary N) is 1. The summed E-state index contributed by atoms with van der Waals surface area (Å²) in [5, 5.41) is 24.9. The van der Waals surface area contributed by atoms with E-state index >= 15 is 0 Å². The molecule has 0 saturated heterocycles. The summed E-state index contributed by atoms with van der Waals surface area (Å²) in [5.74, 6) is 0.846. The first-order valence-corrected chi connectivity index (χ1v) is 7.39. The van der Waals surface area contributed by atoms with Crippen molar-refractivity contribution in [1.29, 1.82) is 0 Å². The number of benzene rings is 1. The molecule has 0 radical (unpaired) electrons. The van der Waals surface area contributed by atoms with Crippen molar-refractivity contribution in [1.82, 2.24) is 15.1 Å². The van der Waals surface area contributed by atoms with Crippen LogP contribution in [0.4, 0.5) is 0 Å². The average molecular weight is 335 g/mol. The number of H-pyrrole nitrogens is 1. The monoisotopic (exact) mass is 335 g/mol. The van der Waals surface area contributed by atoms with Gasteiger partial charge in [0.15, 0.2) is 17.2 Å². The number of hydrogen-bond acceptors (Lipinski definition) is 6. The van der Waals surface area contributed by atoms with Crippen molar-refractivity contribution in [3.63, 3.8) is 0 Å². The third-order valence-corrected chi connectivity index (χ3v) is 3.34. The predicted octanol–water partition coefficient (Wildman–Crippen LogP) is 0.423. The number of nitrogens with zero attached hydrogens (tertiary/aromatic N) is 2. The highest BCUT2D eigenvalue weighted by atomic mass is 16.5. The lowest BCUT2D eigenvalue weighted by Gasteiger charge is -2.18. The van der Waals surface area contributed by atoms with Crippen LogP contribution in [-0.4, -0.2) is 64.6 Å². The molecule has 130 valence electrons. The number of likely N-dealkylation sites (N-methyl/N-ethyl adjacent to an activating group) is 1. The van der Waals surface area contributed by atoms with Crippen molar-refractivity contribution in [2.75, 3.05) is 27.3 Å². The fourth-order valence-electron chi connectivity index (χ4n) is 2.09. The largest absolute Gasteiger partial charge is 0.493 e. The molecule has 1 atom stereocenters. The third kappa shape index (κ3) is 4.46. The number of aromatic amines is 1. The predicted molar refractivity (Wildman–Crippen MR) is 86.0 cm³/mol. The maximum absolute atomic E-state index is 12.2. The van der Waals surface area contributed by atoms with Gasteiger partial charge in [0.05, 0.1) is 25.5 Å². The van der Waals surface area contributed by atoms with Crippen LogP contribution in [-0.2, 0) is 6.61 Å². The molecular formula is C16H21N3O5. The zero-order valence-electron chi connectivity index (χ0n) is 13.6. The Labute approximate surface area is 139 Å². The summed E-state index contributed by atoms with van der Waals surface area (Å²) < 4.78 is 10.9. The molecule has 24 heavy (non-hydrogen) atoms. The molecule has 8 nitrogen and oxygen atoms in total. The minimum Gasteiger partial charge on any atom is -0.493 e. The third-order valence-electron chi connectivity index (χ3n) is 3.34. The zero-order valence-corrected chi connectivity index (χ0v) is 13.6. The molecule has 0 aliphatic rings. The average Bonchev–Trinajstić information content (AvgIpc) is 3.08. The van der Waals surface area contributed by atoms with Gasteiger partial charge in [0.25, 0.3) is 5.91 Å². The van der Waals surface area contributed by atoms with Gasteiger partial charge in [0.2, 0.25) is 0 Å². The van der Waals surface area contributed by atoms with Crippen LogP contribution in [0, 0.1) is 0 Å². The van der Waals surface area contributed by atoms with Crippen LogP contribution in [0.1, 0.15) is 16.2 Å². The number of amides is 1. The van der Waals surface area contributed by atoms with Gasteiger partial charge >= 0.3 is 0 Å². The molecule has 3 N–H and O–H groups in total. The molecule has 0 bridgehead atoms. The Morgan fingerprint density at radius 3 is 2.75 bits per heavy atom. The van der Waals surface area contributed by atoms with E-state index in [9.17, 15) is 9.90 Å². The number of hydrogen-bond donors (Lipinski definition) is 3. The Hall–Kier alpha value is -2.58. The molecule has 0 aliphatic heterocycles. The normalized spacial score (nSPS) is 11.8. The standard InChI is InChI=1S/C16H21N3O5/c1-19(8-12(21)9-20)16(22)13-7-11(17-18-13)10-24-15-6-4-3-5-14(15)23-2/h3-7,12,20-21H,8-10H2,1-2H3,(H,17,18)/t12-/m0/s1. The molecule has 1 aromatic carbocycles. The number of carbonyl (C=O) groups excluding carboxylic acids is 1. The van der Waals surface area contributed by atoms with Crippen molar-refractivity contribution in [3.8, 4) is 11.5 Å². The highest BCUT2D eigenvalue weighted by Gasteiger charge is 2.18. The number of methoxy groups -OCH3 is 1. The maximum Gasteiger partial charge on any atom is 0.274 e. The second kappa shape index (κ2) is 8.32. The van der Waals surface area contributed by atoms with Crippen molar-refractivity contribution < 1.29 is 24.5 Å². The summed E-state index contributed by atoms with van der Waals surface area (Å²) in [7, 11) is 3.09. The van der Waals surface area contributed by atoms with E-state index in [2.05, 4.69) is 10.2 Å². The van der Waals surface area contributed by atoms with E-state index in [0.29, 0.717) is 17.2 Å². The van der Waals surface area contributed by atoms with E-state index in [0.717, 1.165) is 0 Å². The van der Waals surface area contributed by atoms with Crippen LogP contribution in [0.5, 0.6) is 11.5 Å². The Kier molecular flexibility index (Phi) is 6.16. The van der Waals surface area contributed by atoms with Crippen LogP contribution < -0.4 is 9.47 Å². The zero-order chi connectivity index (χ0) is 17.5. The van der Waals surface area contributed by atoms with E-state index in [4.69, 9.17) is 14.6 Å². The van der Waals surface area contributed by atoms with Crippen LogP contribution in [0.25, 0.3) is 0 Å². The minimum absolute atomic E-state index is 0.0231. The van der Waals surface area contributed by atoms with Crippen molar-refractivity contribution >= 4 is 5.91 Å². The molecule has 1 heterocycles. The Bertz CT molecular complexity index is 673. The fraction of sp³-hybridized carbons (Fsp3) is 0.375. The molecule has 0 saturated carbocycles. The number of aliphatic hydroxyl groups excluding tert-OH is 2. The van der Waals surface area contributed by atoms with Gasteiger partial charge < -0.3 is 24.6 Å². The second-order valence-corrected chi connectivity index (χ2v) is 5.24.